The van der Waals surface area contributed by atoms with Crippen molar-refractivity contribution in [2.75, 3.05) is 13.1 Å². The SMILES string of the molecule is Cc1cc(C(=O)O)ccc1CN(CC(C)C)CC(C)C. The molecule has 0 fully saturated rings. The van der Waals surface area contributed by atoms with E-state index in [1.165, 1.54) is 5.56 Å². The second-order valence-electron chi connectivity index (χ2n) is 6.43. The highest BCUT2D eigenvalue weighted by molar-refractivity contribution is 5.87. The lowest BCUT2D eigenvalue weighted by molar-refractivity contribution is 0.0696. The van der Waals surface area contributed by atoms with Crippen LogP contribution < -0.4 is 0 Å². The van der Waals surface area contributed by atoms with Crippen LogP contribution in [0.3, 0.4) is 0 Å². The number of benzene rings is 1. The minimum Gasteiger partial charge on any atom is -0.478 e. The average molecular weight is 277 g/mol. The lowest BCUT2D eigenvalue weighted by Gasteiger charge is -2.26. The molecular formula is C17H27NO2. The Kier molecular flexibility index (Phi) is 6.21. The van der Waals surface area contributed by atoms with E-state index in [1.807, 2.05) is 13.0 Å². The Morgan fingerprint density at radius 1 is 1.15 bits per heavy atom. The van der Waals surface area contributed by atoms with E-state index >= 15 is 0 Å². The Hall–Kier alpha value is -1.35. The van der Waals surface area contributed by atoms with Gasteiger partial charge in [-0.1, -0.05) is 33.8 Å². The smallest absolute Gasteiger partial charge is 0.335 e. The number of nitrogens with zero attached hydrogens (tertiary/aromatic N) is 1. The molecule has 0 aliphatic rings. The molecule has 0 heterocycles. The number of aryl methyl sites for hydroxylation is 1. The van der Waals surface area contributed by atoms with E-state index in [1.54, 1.807) is 12.1 Å². The molecule has 1 aromatic rings. The number of carbonyl (C=O) groups is 1. The lowest BCUT2D eigenvalue weighted by atomic mass is 10.0. The van der Waals surface area contributed by atoms with E-state index in [0.717, 1.165) is 25.2 Å². The van der Waals surface area contributed by atoms with Crippen LogP contribution in [0.1, 0.15) is 49.2 Å². The number of carboxylic acid groups (broad SMARTS) is 1. The quantitative estimate of drug-likeness (QED) is 0.824. The van der Waals surface area contributed by atoms with Gasteiger partial charge in [-0.15, -0.1) is 0 Å². The molecular weight excluding hydrogens is 250 g/mol. The summed E-state index contributed by atoms with van der Waals surface area (Å²) in [5.74, 6) is 0.403. The molecule has 0 amide bonds. The Balaban J connectivity index is 2.84. The number of hydrogen-bond donors (Lipinski definition) is 1. The van der Waals surface area contributed by atoms with E-state index in [4.69, 9.17) is 5.11 Å². The van der Waals surface area contributed by atoms with Gasteiger partial charge in [-0.25, -0.2) is 4.79 Å². The molecule has 0 saturated carbocycles. The van der Waals surface area contributed by atoms with Crippen LogP contribution >= 0.6 is 0 Å². The molecule has 3 nitrogen and oxygen atoms in total. The topological polar surface area (TPSA) is 40.5 Å². The lowest BCUT2D eigenvalue weighted by Crippen LogP contribution is -2.31. The van der Waals surface area contributed by atoms with Gasteiger partial charge in [-0.3, -0.25) is 4.90 Å². The summed E-state index contributed by atoms with van der Waals surface area (Å²) in [6.07, 6.45) is 0. The maximum absolute atomic E-state index is 11.0. The van der Waals surface area contributed by atoms with Gasteiger partial charge in [-0.2, -0.15) is 0 Å². The van der Waals surface area contributed by atoms with Crippen LogP contribution in [0.5, 0.6) is 0 Å². The van der Waals surface area contributed by atoms with E-state index in [9.17, 15) is 4.79 Å². The molecule has 1 aromatic carbocycles. The molecule has 112 valence electrons. The summed E-state index contributed by atoms with van der Waals surface area (Å²) in [7, 11) is 0. The van der Waals surface area contributed by atoms with Gasteiger partial charge in [0.2, 0.25) is 0 Å². The van der Waals surface area contributed by atoms with Crippen LogP contribution in [0.4, 0.5) is 0 Å². The van der Waals surface area contributed by atoms with Gasteiger partial charge in [0.25, 0.3) is 0 Å². The summed E-state index contributed by atoms with van der Waals surface area (Å²) in [6, 6.07) is 5.42. The predicted molar refractivity (Wildman–Crippen MR) is 83.1 cm³/mol. The highest BCUT2D eigenvalue weighted by atomic mass is 16.4. The number of hydrogen-bond acceptors (Lipinski definition) is 2. The predicted octanol–water partition coefficient (Wildman–Crippen LogP) is 3.81. The molecule has 1 rings (SSSR count). The highest BCUT2D eigenvalue weighted by Gasteiger charge is 2.12. The Morgan fingerprint density at radius 2 is 1.70 bits per heavy atom. The van der Waals surface area contributed by atoms with Crippen molar-refractivity contribution in [3.63, 3.8) is 0 Å². The zero-order valence-corrected chi connectivity index (χ0v) is 13.3. The third-order valence-electron chi connectivity index (χ3n) is 3.23. The molecule has 0 bridgehead atoms. The van der Waals surface area contributed by atoms with E-state index in [-0.39, 0.29) is 0 Å². The maximum Gasteiger partial charge on any atom is 0.335 e. The molecule has 0 aliphatic carbocycles. The van der Waals surface area contributed by atoms with Crippen molar-refractivity contribution in [1.82, 2.24) is 4.90 Å². The van der Waals surface area contributed by atoms with Crippen molar-refractivity contribution in [2.24, 2.45) is 11.8 Å². The zero-order valence-electron chi connectivity index (χ0n) is 13.3. The normalized spacial score (nSPS) is 11.6. The van der Waals surface area contributed by atoms with Crippen LogP contribution in [0.25, 0.3) is 0 Å². The largest absolute Gasteiger partial charge is 0.478 e. The average Bonchev–Trinajstić information content (AvgIpc) is 2.29. The summed E-state index contributed by atoms with van der Waals surface area (Å²) < 4.78 is 0. The van der Waals surface area contributed by atoms with Crippen molar-refractivity contribution >= 4 is 5.97 Å². The van der Waals surface area contributed by atoms with Gasteiger partial charge in [0.1, 0.15) is 0 Å². The molecule has 0 radical (unpaired) electrons. The van der Waals surface area contributed by atoms with Crippen molar-refractivity contribution < 1.29 is 9.90 Å². The van der Waals surface area contributed by atoms with E-state index in [2.05, 4.69) is 32.6 Å². The molecule has 0 spiro atoms. The Labute approximate surface area is 122 Å². The number of rotatable bonds is 7. The third kappa shape index (κ3) is 5.33. The van der Waals surface area contributed by atoms with Gasteiger partial charge in [0.15, 0.2) is 0 Å². The molecule has 20 heavy (non-hydrogen) atoms. The van der Waals surface area contributed by atoms with E-state index in [0.29, 0.717) is 17.4 Å². The summed E-state index contributed by atoms with van der Waals surface area (Å²) in [5, 5.41) is 9.01. The third-order valence-corrected chi connectivity index (χ3v) is 3.23. The molecule has 0 aliphatic heterocycles. The first-order chi connectivity index (χ1) is 9.29. The van der Waals surface area contributed by atoms with Gasteiger partial charge < -0.3 is 5.11 Å². The van der Waals surface area contributed by atoms with Crippen LogP contribution in [0.2, 0.25) is 0 Å². The van der Waals surface area contributed by atoms with Crippen LogP contribution in [0.15, 0.2) is 18.2 Å². The first-order valence-electron chi connectivity index (χ1n) is 7.34. The van der Waals surface area contributed by atoms with Crippen LogP contribution in [-0.4, -0.2) is 29.1 Å². The highest BCUT2D eigenvalue weighted by Crippen LogP contribution is 2.16. The molecule has 0 unspecified atom stereocenters. The summed E-state index contributed by atoms with van der Waals surface area (Å²) in [5.41, 5.74) is 2.64. The van der Waals surface area contributed by atoms with Crippen LogP contribution in [0, 0.1) is 18.8 Å². The van der Waals surface area contributed by atoms with Crippen molar-refractivity contribution in [3.8, 4) is 0 Å². The van der Waals surface area contributed by atoms with Gasteiger partial charge in [-0.05, 0) is 42.0 Å². The summed E-state index contributed by atoms with van der Waals surface area (Å²) in [4.78, 5) is 13.4. The van der Waals surface area contributed by atoms with Gasteiger partial charge in [0, 0.05) is 19.6 Å². The van der Waals surface area contributed by atoms with Crippen molar-refractivity contribution in [2.45, 2.75) is 41.2 Å². The van der Waals surface area contributed by atoms with Crippen molar-refractivity contribution in [3.05, 3.63) is 34.9 Å². The minimum absolute atomic E-state index is 0.366. The monoisotopic (exact) mass is 277 g/mol. The fourth-order valence-electron chi connectivity index (χ4n) is 2.48. The summed E-state index contributed by atoms with van der Waals surface area (Å²) in [6.45, 7) is 13.9. The second-order valence-corrected chi connectivity index (χ2v) is 6.43. The molecule has 3 heteroatoms. The first-order valence-corrected chi connectivity index (χ1v) is 7.34. The number of carboxylic acids is 1. The molecule has 0 aromatic heterocycles. The fourth-order valence-corrected chi connectivity index (χ4v) is 2.48. The Bertz CT molecular complexity index is 442. The van der Waals surface area contributed by atoms with Gasteiger partial charge >= 0.3 is 5.97 Å². The zero-order chi connectivity index (χ0) is 15.3. The summed E-state index contributed by atoms with van der Waals surface area (Å²) >= 11 is 0. The first kappa shape index (κ1) is 16.7. The standard InChI is InChI=1S/C17H27NO2/c1-12(2)9-18(10-13(3)4)11-16-7-6-15(17(19)20)8-14(16)5/h6-8,12-13H,9-11H2,1-5H3,(H,19,20). The van der Waals surface area contributed by atoms with E-state index < -0.39 is 5.97 Å². The minimum atomic E-state index is -0.860. The molecule has 0 saturated heterocycles. The van der Waals surface area contributed by atoms with Gasteiger partial charge in [0.05, 0.1) is 5.56 Å². The second kappa shape index (κ2) is 7.44. The maximum atomic E-state index is 11.0. The van der Waals surface area contributed by atoms with Crippen LogP contribution in [-0.2, 0) is 6.54 Å². The van der Waals surface area contributed by atoms with Crippen molar-refractivity contribution in [1.29, 1.82) is 0 Å². The number of aromatic carboxylic acids is 1. The molecule has 1 N–H and O–H groups in total. The molecule has 0 atom stereocenters. The Morgan fingerprint density at radius 3 is 2.10 bits per heavy atom. The fraction of sp³-hybridized carbons (Fsp3) is 0.588.